The van der Waals surface area contributed by atoms with E-state index in [1.165, 1.54) is 6.07 Å². The zero-order valence-electron chi connectivity index (χ0n) is 18.1. The highest BCUT2D eigenvalue weighted by molar-refractivity contribution is 7.89. The quantitative estimate of drug-likeness (QED) is 0.359. The van der Waals surface area contributed by atoms with Gasteiger partial charge in [0.2, 0.25) is 10.0 Å². The molecular weight excluding hydrogens is 480 g/mol. The molecule has 0 aliphatic rings. The Balaban J connectivity index is 1.61. The number of halogens is 1. The standard InChI is InChI=1S/C24H23ClN2O4S2/c1-3-21(17-6-10-19(31-2)11-7-17)26-33(29,30)20-12-13-22-23(14-20)32-24(28)27(22)15-16-4-8-18(25)9-5-16/h4-14,21,26H,3,15H2,1-2H3/t21-/m1/s1. The van der Waals surface area contributed by atoms with Gasteiger partial charge < -0.3 is 4.74 Å². The van der Waals surface area contributed by atoms with Gasteiger partial charge in [-0.3, -0.25) is 9.36 Å². The first-order valence-electron chi connectivity index (χ1n) is 10.3. The largest absolute Gasteiger partial charge is 0.497 e. The average molecular weight is 503 g/mol. The van der Waals surface area contributed by atoms with Crippen molar-refractivity contribution in [3.8, 4) is 5.75 Å². The first-order valence-corrected chi connectivity index (χ1v) is 13.0. The summed E-state index contributed by atoms with van der Waals surface area (Å²) >= 11 is 6.98. The Hall–Kier alpha value is -2.65. The van der Waals surface area contributed by atoms with E-state index in [0.717, 1.165) is 22.5 Å². The minimum absolute atomic E-state index is 0.127. The molecule has 0 saturated heterocycles. The predicted molar refractivity (Wildman–Crippen MR) is 133 cm³/mol. The van der Waals surface area contributed by atoms with Gasteiger partial charge in [-0.1, -0.05) is 54.1 Å². The topological polar surface area (TPSA) is 77.4 Å². The molecule has 0 bridgehead atoms. The maximum atomic E-state index is 13.1. The van der Waals surface area contributed by atoms with E-state index < -0.39 is 10.0 Å². The first-order chi connectivity index (χ1) is 15.8. The fourth-order valence-electron chi connectivity index (χ4n) is 3.61. The second kappa shape index (κ2) is 9.69. The van der Waals surface area contributed by atoms with E-state index in [4.69, 9.17) is 16.3 Å². The van der Waals surface area contributed by atoms with Crippen LogP contribution in [0.4, 0.5) is 0 Å². The number of sulfonamides is 1. The summed E-state index contributed by atoms with van der Waals surface area (Å²) in [7, 11) is -2.21. The minimum atomic E-state index is -3.79. The number of methoxy groups -OCH3 is 1. The van der Waals surface area contributed by atoms with Crippen molar-refractivity contribution >= 4 is 43.2 Å². The number of ether oxygens (including phenoxy) is 1. The summed E-state index contributed by atoms with van der Waals surface area (Å²) in [5.74, 6) is 0.708. The first kappa shape index (κ1) is 23.5. The van der Waals surface area contributed by atoms with Crippen LogP contribution >= 0.6 is 22.9 Å². The molecule has 33 heavy (non-hydrogen) atoms. The molecule has 0 spiro atoms. The molecule has 0 unspecified atom stereocenters. The lowest BCUT2D eigenvalue weighted by Gasteiger charge is -2.18. The summed E-state index contributed by atoms with van der Waals surface area (Å²) in [6, 6.07) is 19.0. The van der Waals surface area contributed by atoms with Crippen molar-refractivity contribution in [3.63, 3.8) is 0 Å². The summed E-state index contributed by atoms with van der Waals surface area (Å²) in [4.78, 5) is 12.6. The molecule has 3 aromatic carbocycles. The maximum absolute atomic E-state index is 13.1. The van der Waals surface area contributed by atoms with Crippen LogP contribution in [-0.4, -0.2) is 20.1 Å². The second-order valence-corrected chi connectivity index (χ2v) is 10.7. The van der Waals surface area contributed by atoms with Crippen LogP contribution in [0.25, 0.3) is 10.2 Å². The van der Waals surface area contributed by atoms with E-state index in [1.54, 1.807) is 48.1 Å². The van der Waals surface area contributed by atoms with E-state index in [9.17, 15) is 13.2 Å². The third kappa shape index (κ3) is 5.14. The fourth-order valence-corrected chi connectivity index (χ4v) is 6.08. The van der Waals surface area contributed by atoms with Gasteiger partial charge in [0.1, 0.15) is 5.75 Å². The van der Waals surface area contributed by atoms with Crippen molar-refractivity contribution in [2.24, 2.45) is 0 Å². The van der Waals surface area contributed by atoms with Crippen LogP contribution < -0.4 is 14.3 Å². The van der Waals surface area contributed by atoms with Crippen LogP contribution in [0.1, 0.15) is 30.5 Å². The lowest BCUT2D eigenvalue weighted by molar-refractivity contribution is 0.414. The van der Waals surface area contributed by atoms with Gasteiger partial charge >= 0.3 is 4.87 Å². The molecule has 0 aliphatic carbocycles. The van der Waals surface area contributed by atoms with E-state index >= 15 is 0 Å². The number of fused-ring (bicyclic) bond motifs is 1. The SMILES string of the molecule is CC[C@@H](NS(=O)(=O)c1ccc2c(c1)sc(=O)n2Cc1ccc(Cl)cc1)c1ccc(OC)cc1. The summed E-state index contributed by atoms with van der Waals surface area (Å²) in [5, 5.41) is 0.628. The lowest BCUT2D eigenvalue weighted by Crippen LogP contribution is -2.28. The van der Waals surface area contributed by atoms with Gasteiger partial charge in [0.15, 0.2) is 0 Å². The van der Waals surface area contributed by atoms with Gasteiger partial charge in [-0.15, -0.1) is 0 Å². The molecule has 1 atom stereocenters. The maximum Gasteiger partial charge on any atom is 0.308 e. The number of nitrogens with one attached hydrogen (secondary N) is 1. The van der Waals surface area contributed by atoms with E-state index in [2.05, 4.69) is 4.72 Å². The number of hydrogen-bond acceptors (Lipinski definition) is 5. The summed E-state index contributed by atoms with van der Waals surface area (Å²) in [5.41, 5.74) is 2.48. The minimum Gasteiger partial charge on any atom is -0.497 e. The van der Waals surface area contributed by atoms with Crippen LogP contribution in [0.2, 0.25) is 5.02 Å². The van der Waals surface area contributed by atoms with E-state index in [-0.39, 0.29) is 15.8 Å². The van der Waals surface area contributed by atoms with Gasteiger partial charge in [-0.2, -0.15) is 0 Å². The van der Waals surface area contributed by atoms with E-state index in [1.807, 2.05) is 31.2 Å². The molecule has 172 valence electrons. The van der Waals surface area contributed by atoms with Crippen molar-refractivity contribution in [3.05, 3.63) is 92.5 Å². The van der Waals surface area contributed by atoms with Crippen LogP contribution in [0.5, 0.6) is 5.75 Å². The van der Waals surface area contributed by atoms with Gasteiger partial charge in [0.05, 0.1) is 28.8 Å². The number of aromatic nitrogens is 1. The third-order valence-corrected chi connectivity index (χ3v) is 8.09. The third-order valence-electron chi connectivity index (χ3n) is 5.43. The molecule has 6 nitrogen and oxygen atoms in total. The van der Waals surface area contributed by atoms with Crippen molar-refractivity contribution in [1.29, 1.82) is 0 Å². The van der Waals surface area contributed by atoms with Gasteiger partial charge in [-0.25, -0.2) is 13.1 Å². The normalized spacial score (nSPS) is 12.7. The molecule has 1 heterocycles. The monoisotopic (exact) mass is 502 g/mol. The van der Waals surface area contributed by atoms with E-state index in [0.29, 0.717) is 34.0 Å². The Morgan fingerprint density at radius 1 is 1.06 bits per heavy atom. The fraction of sp³-hybridized carbons (Fsp3) is 0.208. The number of hydrogen-bond donors (Lipinski definition) is 1. The molecule has 9 heteroatoms. The van der Waals surface area contributed by atoms with Gasteiger partial charge in [-0.05, 0) is 60.0 Å². The number of nitrogens with zero attached hydrogens (tertiary/aromatic N) is 1. The average Bonchev–Trinajstić information content (AvgIpc) is 3.13. The molecule has 0 radical (unpaired) electrons. The van der Waals surface area contributed by atoms with Crippen molar-refractivity contribution in [2.45, 2.75) is 30.8 Å². The summed E-state index contributed by atoms with van der Waals surface area (Å²) in [6.45, 7) is 2.30. The molecule has 0 amide bonds. The highest BCUT2D eigenvalue weighted by Gasteiger charge is 2.22. The predicted octanol–water partition coefficient (Wildman–Crippen LogP) is 5.20. The number of rotatable bonds is 8. The van der Waals surface area contributed by atoms with Gasteiger partial charge in [0.25, 0.3) is 0 Å². The van der Waals surface area contributed by atoms with Crippen molar-refractivity contribution in [2.75, 3.05) is 7.11 Å². The number of thiazole rings is 1. The van der Waals surface area contributed by atoms with Crippen LogP contribution in [0.3, 0.4) is 0 Å². The van der Waals surface area contributed by atoms with Crippen LogP contribution in [0, 0.1) is 0 Å². The molecule has 1 aromatic heterocycles. The van der Waals surface area contributed by atoms with Crippen LogP contribution in [-0.2, 0) is 16.6 Å². The Kier molecular flexibility index (Phi) is 6.90. The molecule has 0 aliphatic heterocycles. The lowest BCUT2D eigenvalue weighted by atomic mass is 10.1. The molecule has 0 saturated carbocycles. The highest BCUT2D eigenvalue weighted by atomic mass is 35.5. The van der Waals surface area contributed by atoms with Crippen molar-refractivity contribution < 1.29 is 13.2 Å². The Morgan fingerprint density at radius 2 is 1.76 bits per heavy atom. The van der Waals surface area contributed by atoms with Crippen LogP contribution in [0.15, 0.2) is 76.4 Å². The van der Waals surface area contributed by atoms with Gasteiger partial charge in [0, 0.05) is 11.1 Å². The van der Waals surface area contributed by atoms with Crippen molar-refractivity contribution in [1.82, 2.24) is 9.29 Å². The zero-order valence-corrected chi connectivity index (χ0v) is 20.5. The molecule has 0 fully saturated rings. The Morgan fingerprint density at radius 3 is 2.39 bits per heavy atom. The summed E-state index contributed by atoms with van der Waals surface area (Å²) < 4.78 is 36.5. The zero-order chi connectivity index (χ0) is 23.6. The Labute approximate surface area is 201 Å². The Bertz CT molecular complexity index is 1430. The molecule has 4 aromatic rings. The second-order valence-electron chi connectivity index (χ2n) is 7.57. The molecular formula is C24H23ClN2O4S2. The highest BCUT2D eigenvalue weighted by Crippen LogP contribution is 2.26. The molecule has 4 rings (SSSR count). The molecule has 1 N–H and O–H groups in total. The summed E-state index contributed by atoms with van der Waals surface area (Å²) in [6.07, 6.45) is 0.582. The smallest absolute Gasteiger partial charge is 0.308 e. The number of benzene rings is 3.